The molecule has 68 valence electrons. The maximum Gasteiger partial charge on any atom is 0.0953 e. The van der Waals surface area contributed by atoms with Gasteiger partial charge in [-0.3, -0.25) is 0 Å². The van der Waals surface area contributed by atoms with Crippen molar-refractivity contribution in [2.75, 3.05) is 0 Å². The zero-order valence-corrected chi connectivity index (χ0v) is 7.45. The maximum absolute atomic E-state index is 9.56. The lowest BCUT2D eigenvalue weighted by molar-refractivity contribution is 0.159. The summed E-state index contributed by atoms with van der Waals surface area (Å²) in [7, 11) is 0. The smallest absolute Gasteiger partial charge is 0.0953 e. The molecule has 3 nitrogen and oxygen atoms in total. The molecule has 0 aliphatic heterocycles. The first kappa shape index (κ1) is 9.26. The Morgan fingerprint density at radius 3 is 3.00 bits per heavy atom. The fourth-order valence-corrected chi connectivity index (χ4v) is 1.19. The van der Waals surface area contributed by atoms with Crippen molar-refractivity contribution in [3.8, 4) is 0 Å². The highest BCUT2D eigenvalue weighted by molar-refractivity contribution is 4.98. The quantitative estimate of drug-likeness (QED) is 0.661. The summed E-state index contributed by atoms with van der Waals surface area (Å²) in [6.07, 6.45) is 7.20. The number of rotatable bonds is 5. The van der Waals surface area contributed by atoms with Crippen molar-refractivity contribution in [2.45, 2.75) is 38.7 Å². The molecular weight excluding hydrogens is 152 g/mol. The molecule has 1 heterocycles. The molecule has 1 unspecified atom stereocenters. The van der Waals surface area contributed by atoms with Gasteiger partial charge in [-0.15, -0.1) is 0 Å². The number of aliphatic hydroxyl groups is 1. The molecule has 0 aliphatic rings. The molecule has 0 aromatic carbocycles. The zero-order valence-electron chi connectivity index (χ0n) is 7.45. The molecule has 1 aromatic heterocycles. The summed E-state index contributed by atoms with van der Waals surface area (Å²) in [6, 6.07) is 0. The predicted molar refractivity (Wildman–Crippen MR) is 47.7 cm³/mol. The average Bonchev–Trinajstić information content (AvgIpc) is 2.56. The Bertz CT molecular complexity index is 196. The van der Waals surface area contributed by atoms with E-state index in [0.717, 1.165) is 18.5 Å². The minimum absolute atomic E-state index is 0.362. The molecule has 0 amide bonds. The van der Waals surface area contributed by atoms with Crippen LogP contribution in [0, 0.1) is 0 Å². The van der Waals surface area contributed by atoms with E-state index in [1.165, 1.54) is 12.8 Å². The van der Waals surface area contributed by atoms with Crippen molar-refractivity contribution in [1.29, 1.82) is 0 Å². The van der Waals surface area contributed by atoms with Crippen molar-refractivity contribution in [2.24, 2.45) is 0 Å². The number of aromatic nitrogens is 2. The van der Waals surface area contributed by atoms with Crippen LogP contribution in [0.15, 0.2) is 12.5 Å². The van der Waals surface area contributed by atoms with E-state index in [-0.39, 0.29) is 6.10 Å². The second kappa shape index (κ2) is 4.93. The van der Waals surface area contributed by atoms with Crippen LogP contribution in [0.25, 0.3) is 0 Å². The standard InChI is InChI=1S/C9H16N2O/c1-2-3-4-5-9(12)8-6-10-7-11-8/h6-7,9,12H,2-5H2,1H3,(H,10,11). The fourth-order valence-electron chi connectivity index (χ4n) is 1.19. The lowest BCUT2D eigenvalue weighted by Gasteiger charge is -2.06. The summed E-state index contributed by atoms with van der Waals surface area (Å²) in [6.45, 7) is 2.16. The highest BCUT2D eigenvalue weighted by Crippen LogP contribution is 2.16. The zero-order chi connectivity index (χ0) is 8.81. The molecule has 2 N–H and O–H groups in total. The lowest BCUT2D eigenvalue weighted by Crippen LogP contribution is -1.97. The van der Waals surface area contributed by atoms with Crippen molar-refractivity contribution in [1.82, 2.24) is 9.97 Å². The van der Waals surface area contributed by atoms with Gasteiger partial charge < -0.3 is 10.1 Å². The molecule has 12 heavy (non-hydrogen) atoms. The normalized spacial score (nSPS) is 13.2. The van der Waals surface area contributed by atoms with Crippen molar-refractivity contribution in [3.05, 3.63) is 18.2 Å². The van der Waals surface area contributed by atoms with Crippen molar-refractivity contribution < 1.29 is 5.11 Å². The van der Waals surface area contributed by atoms with Gasteiger partial charge in [0.15, 0.2) is 0 Å². The van der Waals surface area contributed by atoms with E-state index in [1.807, 2.05) is 0 Å². The number of nitrogens with zero attached hydrogens (tertiary/aromatic N) is 1. The van der Waals surface area contributed by atoms with Gasteiger partial charge in [0.2, 0.25) is 0 Å². The van der Waals surface area contributed by atoms with Crippen LogP contribution < -0.4 is 0 Å². The molecule has 0 aliphatic carbocycles. The van der Waals surface area contributed by atoms with Gasteiger partial charge in [-0.05, 0) is 6.42 Å². The second-order valence-corrected chi connectivity index (χ2v) is 3.02. The number of aromatic amines is 1. The number of hydrogen-bond acceptors (Lipinski definition) is 2. The number of aliphatic hydroxyl groups excluding tert-OH is 1. The highest BCUT2D eigenvalue weighted by atomic mass is 16.3. The largest absolute Gasteiger partial charge is 0.387 e. The van der Waals surface area contributed by atoms with Crippen molar-refractivity contribution >= 4 is 0 Å². The number of imidazole rings is 1. The summed E-state index contributed by atoms with van der Waals surface area (Å²) in [5.41, 5.74) is 0.825. The molecule has 1 rings (SSSR count). The minimum Gasteiger partial charge on any atom is -0.387 e. The number of hydrogen-bond donors (Lipinski definition) is 2. The first-order valence-electron chi connectivity index (χ1n) is 4.51. The van der Waals surface area contributed by atoms with Gasteiger partial charge in [0.05, 0.1) is 24.3 Å². The van der Waals surface area contributed by atoms with E-state index < -0.39 is 0 Å². The van der Waals surface area contributed by atoms with Gasteiger partial charge in [-0.2, -0.15) is 0 Å². The maximum atomic E-state index is 9.56. The first-order valence-corrected chi connectivity index (χ1v) is 4.51. The summed E-state index contributed by atoms with van der Waals surface area (Å²) >= 11 is 0. The summed E-state index contributed by atoms with van der Waals surface area (Å²) < 4.78 is 0. The van der Waals surface area contributed by atoms with Crippen LogP contribution in [0.1, 0.15) is 44.4 Å². The molecule has 0 bridgehead atoms. The van der Waals surface area contributed by atoms with Crippen LogP contribution in [0.4, 0.5) is 0 Å². The Kier molecular flexibility index (Phi) is 3.80. The van der Waals surface area contributed by atoms with E-state index in [4.69, 9.17) is 0 Å². The van der Waals surface area contributed by atoms with E-state index >= 15 is 0 Å². The van der Waals surface area contributed by atoms with Gasteiger partial charge in [-0.25, -0.2) is 4.98 Å². The Balaban J connectivity index is 2.25. The Morgan fingerprint density at radius 1 is 1.58 bits per heavy atom. The third-order valence-electron chi connectivity index (χ3n) is 1.96. The van der Waals surface area contributed by atoms with Gasteiger partial charge >= 0.3 is 0 Å². The number of nitrogens with one attached hydrogen (secondary N) is 1. The van der Waals surface area contributed by atoms with Gasteiger partial charge in [0.25, 0.3) is 0 Å². The van der Waals surface area contributed by atoms with E-state index in [1.54, 1.807) is 12.5 Å². The molecule has 1 atom stereocenters. The first-order chi connectivity index (χ1) is 5.84. The van der Waals surface area contributed by atoms with E-state index in [9.17, 15) is 5.11 Å². The van der Waals surface area contributed by atoms with Gasteiger partial charge in [0.1, 0.15) is 0 Å². The van der Waals surface area contributed by atoms with Crippen LogP contribution in [0.3, 0.4) is 0 Å². The molecule has 0 saturated heterocycles. The fraction of sp³-hybridized carbons (Fsp3) is 0.667. The van der Waals surface area contributed by atoms with E-state index in [2.05, 4.69) is 16.9 Å². The lowest BCUT2D eigenvalue weighted by atomic mass is 10.1. The summed E-state index contributed by atoms with van der Waals surface area (Å²) in [4.78, 5) is 6.76. The van der Waals surface area contributed by atoms with Gasteiger partial charge in [-0.1, -0.05) is 26.2 Å². The Morgan fingerprint density at radius 2 is 2.42 bits per heavy atom. The number of unbranched alkanes of at least 4 members (excludes halogenated alkanes) is 2. The summed E-state index contributed by atoms with van der Waals surface area (Å²) in [5.74, 6) is 0. The Labute approximate surface area is 72.8 Å². The van der Waals surface area contributed by atoms with Crippen LogP contribution in [-0.4, -0.2) is 15.1 Å². The average molecular weight is 168 g/mol. The molecule has 0 spiro atoms. The SMILES string of the molecule is CCCCCC(O)c1cnc[nH]1. The molecule has 3 heteroatoms. The molecule has 0 saturated carbocycles. The summed E-state index contributed by atoms with van der Waals surface area (Å²) in [5, 5.41) is 9.56. The minimum atomic E-state index is -0.362. The molecule has 1 aromatic rings. The van der Waals surface area contributed by atoms with Gasteiger partial charge in [0, 0.05) is 0 Å². The molecule has 0 radical (unpaired) electrons. The predicted octanol–water partition coefficient (Wildman–Crippen LogP) is 2.02. The third-order valence-corrected chi connectivity index (χ3v) is 1.96. The topological polar surface area (TPSA) is 48.9 Å². The van der Waals surface area contributed by atoms with Crippen LogP contribution in [0.5, 0.6) is 0 Å². The Hall–Kier alpha value is -0.830. The second-order valence-electron chi connectivity index (χ2n) is 3.02. The van der Waals surface area contributed by atoms with Crippen LogP contribution >= 0.6 is 0 Å². The van der Waals surface area contributed by atoms with E-state index in [0.29, 0.717) is 0 Å². The van der Waals surface area contributed by atoms with Crippen LogP contribution in [0.2, 0.25) is 0 Å². The number of H-pyrrole nitrogens is 1. The highest BCUT2D eigenvalue weighted by Gasteiger charge is 2.06. The van der Waals surface area contributed by atoms with Crippen LogP contribution in [-0.2, 0) is 0 Å². The van der Waals surface area contributed by atoms with Crippen molar-refractivity contribution in [3.63, 3.8) is 0 Å². The monoisotopic (exact) mass is 168 g/mol. The molecular formula is C9H16N2O. The molecule has 0 fully saturated rings. The third kappa shape index (κ3) is 2.66.